The third-order valence-electron chi connectivity index (χ3n) is 3.29. The summed E-state index contributed by atoms with van der Waals surface area (Å²) in [7, 11) is 1.48. The van der Waals surface area contributed by atoms with Crippen molar-refractivity contribution < 1.29 is 24.2 Å². The molecule has 0 spiro atoms. The molecule has 2 aliphatic rings. The topological polar surface area (TPSA) is 87.2 Å². The zero-order valence-electron chi connectivity index (χ0n) is 9.51. The highest BCUT2D eigenvalue weighted by molar-refractivity contribution is 6.06. The molecule has 7 heteroatoms. The quantitative estimate of drug-likeness (QED) is 0.660. The molecule has 0 aromatic carbocycles. The summed E-state index contributed by atoms with van der Waals surface area (Å²) in [5.41, 5.74) is -1.43. The van der Waals surface area contributed by atoms with Gasteiger partial charge in [-0.1, -0.05) is 0 Å². The first-order chi connectivity index (χ1) is 7.99. The zero-order chi connectivity index (χ0) is 12.6. The maximum atomic E-state index is 11.9. The van der Waals surface area contributed by atoms with E-state index in [1.807, 2.05) is 0 Å². The lowest BCUT2D eigenvalue weighted by atomic mass is 9.88. The van der Waals surface area contributed by atoms with Gasteiger partial charge in [0.1, 0.15) is 6.54 Å². The normalized spacial score (nSPS) is 24.3. The molecule has 0 bridgehead atoms. The molecule has 2 heterocycles. The van der Waals surface area contributed by atoms with Crippen LogP contribution in [0.5, 0.6) is 0 Å². The molecule has 94 valence electrons. The van der Waals surface area contributed by atoms with Gasteiger partial charge in [-0.2, -0.15) is 0 Å². The molecule has 2 saturated heterocycles. The Bertz CT molecular complexity index is 375. The van der Waals surface area contributed by atoms with E-state index in [9.17, 15) is 19.5 Å². The van der Waals surface area contributed by atoms with Gasteiger partial charge in [-0.3, -0.25) is 4.79 Å². The van der Waals surface area contributed by atoms with Crippen molar-refractivity contribution in [2.75, 3.05) is 26.8 Å². The second-order valence-corrected chi connectivity index (χ2v) is 4.32. The van der Waals surface area contributed by atoms with Crippen LogP contribution < -0.4 is 0 Å². The number of carboxylic acid groups (broad SMARTS) is 1. The van der Waals surface area contributed by atoms with Crippen molar-refractivity contribution in [1.82, 2.24) is 9.80 Å². The summed E-state index contributed by atoms with van der Waals surface area (Å²) in [6.07, 6.45) is 0.293. The number of carboxylic acids is 1. The number of likely N-dealkylation sites (N-methyl/N-ethyl adjacent to an activating group) is 1. The summed E-state index contributed by atoms with van der Waals surface area (Å²) in [4.78, 5) is 37.2. The summed E-state index contributed by atoms with van der Waals surface area (Å²) in [5, 5.41) is 9.35. The van der Waals surface area contributed by atoms with E-state index in [-0.39, 0.29) is 32.6 Å². The van der Waals surface area contributed by atoms with E-state index in [1.165, 1.54) is 11.9 Å². The molecule has 2 fully saturated rings. The first-order valence-corrected chi connectivity index (χ1v) is 5.38. The fourth-order valence-corrected chi connectivity index (χ4v) is 2.28. The van der Waals surface area contributed by atoms with E-state index >= 15 is 0 Å². The Hall–Kier alpha value is -1.63. The lowest BCUT2D eigenvalue weighted by molar-refractivity contribution is -0.160. The van der Waals surface area contributed by atoms with Gasteiger partial charge in [0, 0.05) is 33.1 Å². The van der Waals surface area contributed by atoms with Crippen LogP contribution in [0.15, 0.2) is 0 Å². The number of ether oxygens (including phenoxy) is 1. The standard InChI is InChI=1S/C10H14N2O5/c1-11-6-7(13)12(9(11)16)10(8(14)15)2-4-17-5-3-10/h2-6H2,1H3,(H,14,15). The number of rotatable bonds is 2. The molecule has 1 N–H and O–H groups in total. The smallest absolute Gasteiger partial charge is 0.330 e. The van der Waals surface area contributed by atoms with E-state index in [0.717, 1.165) is 4.90 Å². The maximum Gasteiger partial charge on any atom is 0.330 e. The highest BCUT2D eigenvalue weighted by Gasteiger charge is 2.54. The number of carbonyl (C=O) groups excluding carboxylic acids is 2. The summed E-state index contributed by atoms with van der Waals surface area (Å²) < 4.78 is 5.11. The van der Waals surface area contributed by atoms with Crippen LogP contribution in [-0.4, -0.2) is 65.2 Å². The Balaban J connectivity index is 2.36. The van der Waals surface area contributed by atoms with Gasteiger partial charge < -0.3 is 14.7 Å². The van der Waals surface area contributed by atoms with Gasteiger partial charge in [0.25, 0.3) is 5.91 Å². The van der Waals surface area contributed by atoms with Crippen molar-refractivity contribution in [1.29, 1.82) is 0 Å². The van der Waals surface area contributed by atoms with Crippen molar-refractivity contribution in [2.24, 2.45) is 0 Å². The summed E-state index contributed by atoms with van der Waals surface area (Å²) in [6.45, 7) is 0.425. The van der Waals surface area contributed by atoms with Gasteiger partial charge in [0.15, 0.2) is 5.54 Å². The van der Waals surface area contributed by atoms with Crippen molar-refractivity contribution in [3.8, 4) is 0 Å². The predicted molar refractivity (Wildman–Crippen MR) is 55.3 cm³/mol. The van der Waals surface area contributed by atoms with Crippen LogP contribution in [0.2, 0.25) is 0 Å². The number of amides is 3. The number of aliphatic carboxylic acids is 1. The van der Waals surface area contributed by atoms with E-state index in [0.29, 0.717) is 0 Å². The van der Waals surface area contributed by atoms with E-state index in [1.54, 1.807) is 0 Å². The van der Waals surface area contributed by atoms with Gasteiger partial charge in [0.2, 0.25) is 0 Å². The Kier molecular flexibility index (Phi) is 2.78. The second-order valence-electron chi connectivity index (χ2n) is 4.32. The van der Waals surface area contributed by atoms with Gasteiger partial charge in [-0.05, 0) is 0 Å². The van der Waals surface area contributed by atoms with Crippen LogP contribution in [0.4, 0.5) is 4.79 Å². The molecule has 0 radical (unpaired) electrons. The average Bonchev–Trinajstić information content (AvgIpc) is 2.54. The molecule has 7 nitrogen and oxygen atoms in total. The Labute approximate surface area is 97.9 Å². The first-order valence-electron chi connectivity index (χ1n) is 5.38. The molecule has 0 aromatic rings. The number of hydrogen-bond donors (Lipinski definition) is 1. The maximum absolute atomic E-state index is 11.9. The summed E-state index contributed by atoms with van der Waals surface area (Å²) >= 11 is 0. The van der Waals surface area contributed by atoms with Crippen molar-refractivity contribution in [3.63, 3.8) is 0 Å². The van der Waals surface area contributed by atoms with E-state index in [4.69, 9.17) is 4.74 Å². The fourth-order valence-electron chi connectivity index (χ4n) is 2.28. The molecule has 0 aliphatic carbocycles. The molecule has 0 atom stereocenters. The van der Waals surface area contributed by atoms with Gasteiger partial charge in [-0.25, -0.2) is 14.5 Å². The minimum atomic E-state index is -1.43. The van der Waals surface area contributed by atoms with Gasteiger partial charge in [-0.15, -0.1) is 0 Å². The number of imide groups is 1. The molecule has 2 aliphatic heterocycles. The largest absolute Gasteiger partial charge is 0.479 e. The fraction of sp³-hybridized carbons (Fsp3) is 0.700. The average molecular weight is 242 g/mol. The Morgan fingerprint density at radius 3 is 2.35 bits per heavy atom. The molecule has 0 aromatic heterocycles. The van der Waals surface area contributed by atoms with Gasteiger partial charge >= 0.3 is 12.0 Å². The van der Waals surface area contributed by atoms with Crippen LogP contribution in [0.3, 0.4) is 0 Å². The molecule has 0 saturated carbocycles. The van der Waals surface area contributed by atoms with Crippen LogP contribution >= 0.6 is 0 Å². The van der Waals surface area contributed by atoms with Crippen molar-refractivity contribution >= 4 is 17.9 Å². The third kappa shape index (κ3) is 1.66. The third-order valence-corrected chi connectivity index (χ3v) is 3.29. The molecular formula is C10H14N2O5. The van der Waals surface area contributed by atoms with E-state index < -0.39 is 23.4 Å². The van der Waals surface area contributed by atoms with E-state index in [2.05, 4.69) is 0 Å². The van der Waals surface area contributed by atoms with Gasteiger partial charge in [0.05, 0.1) is 0 Å². The highest BCUT2D eigenvalue weighted by atomic mass is 16.5. The van der Waals surface area contributed by atoms with Crippen LogP contribution in [0.25, 0.3) is 0 Å². The number of hydrogen-bond acceptors (Lipinski definition) is 4. The zero-order valence-corrected chi connectivity index (χ0v) is 9.51. The minimum Gasteiger partial charge on any atom is -0.479 e. The van der Waals surface area contributed by atoms with Crippen molar-refractivity contribution in [3.05, 3.63) is 0 Å². The molecule has 3 amide bonds. The Morgan fingerprint density at radius 1 is 1.35 bits per heavy atom. The molecule has 2 rings (SSSR count). The highest BCUT2D eigenvalue weighted by Crippen LogP contribution is 2.31. The summed E-state index contributed by atoms with van der Waals surface area (Å²) in [6, 6.07) is -0.542. The molecule has 17 heavy (non-hydrogen) atoms. The minimum absolute atomic E-state index is 0.0608. The van der Waals surface area contributed by atoms with Crippen LogP contribution in [0.1, 0.15) is 12.8 Å². The second kappa shape index (κ2) is 3.99. The number of carbonyl (C=O) groups is 3. The SMILES string of the molecule is CN1CC(=O)N(C2(C(=O)O)CCOCC2)C1=O. The Morgan fingerprint density at radius 2 is 1.94 bits per heavy atom. The molecular weight excluding hydrogens is 228 g/mol. The monoisotopic (exact) mass is 242 g/mol. The number of nitrogens with zero attached hydrogens (tertiary/aromatic N) is 2. The van der Waals surface area contributed by atoms with Crippen molar-refractivity contribution in [2.45, 2.75) is 18.4 Å². The lowest BCUT2D eigenvalue weighted by Crippen LogP contribution is -2.60. The number of urea groups is 1. The molecule has 0 unspecified atom stereocenters. The van der Waals surface area contributed by atoms with Crippen LogP contribution in [0, 0.1) is 0 Å². The van der Waals surface area contributed by atoms with Crippen LogP contribution in [-0.2, 0) is 14.3 Å². The summed E-state index contributed by atoms with van der Waals surface area (Å²) in [5.74, 6) is -1.60. The lowest BCUT2D eigenvalue weighted by Gasteiger charge is -2.38. The predicted octanol–water partition coefficient (Wildman–Crippen LogP) is -0.486. The first kappa shape index (κ1) is 11.8.